The molecule has 0 fully saturated rings. The van der Waals surface area contributed by atoms with E-state index < -0.39 is 0 Å². The van der Waals surface area contributed by atoms with E-state index in [1.807, 2.05) is 11.4 Å². The number of rotatable bonds is 5. The number of hydrogen-bond acceptors (Lipinski definition) is 3. The van der Waals surface area contributed by atoms with Crippen LogP contribution in [0.5, 0.6) is 5.75 Å². The fraction of sp³-hybridized carbons (Fsp3) is 0.286. The van der Waals surface area contributed by atoms with Gasteiger partial charge in [0.2, 0.25) is 0 Å². The van der Waals surface area contributed by atoms with Crippen molar-refractivity contribution in [2.45, 2.75) is 18.9 Å². The molecule has 0 aliphatic carbocycles. The lowest BCUT2D eigenvalue weighted by Crippen LogP contribution is -2.25. The molecule has 18 heavy (non-hydrogen) atoms. The molecule has 0 spiro atoms. The minimum absolute atomic E-state index is 0.0822. The highest BCUT2D eigenvalue weighted by atomic mass is 32.1. The van der Waals surface area contributed by atoms with E-state index in [9.17, 15) is 4.39 Å². The van der Waals surface area contributed by atoms with Gasteiger partial charge < -0.3 is 10.5 Å². The van der Waals surface area contributed by atoms with Gasteiger partial charge in [0.05, 0.1) is 7.11 Å². The van der Waals surface area contributed by atoms with Gasteiger partial charge in [-0.05, 0) is 46.9 Å². The maximum absolute atomic E-state index is 13.9. The molecule has 0 bridgehead atoms. The standard InChI is InChI=1S/C14H16FNOS/c1-17-13-4-2-3-11(14(13)15)8-12(16)7-10-5-6-18-9-10/h2-6,9,12H,7-8,16H2,1H3. The molecule has 0 saturated carbocycles. The maximum Gasteiger partial charge on any atom is 0.168 e. The van der Waals surface area contributed by atoms with E-state index in [1.165, 1.54) is 12.7 Å². The number of benzene rings is 1. The molecule has 96 valence electrons. The van der Waals surface area contributed by atoms with Crippen molar-refractivity contribution in [2.75, 3.05) is 7.11 Å². The van der Waals surface area contributed by atoms with Gasteiger partial charge >= 0.3 is 0 Å². The average Bonchev–Trinajstić information content (AvgIpc) is 2.84. The van der Waals surface area contributed by atoms with Crippen molar-refractivity contribution in [3.05, 3.63) is 52.0 Å². The van der Waals surface area contributed by atoms with Crippen LogP contribution in [-0.4, -0.2) is 13.2 Å². The Morgan fingerprint density at radius 1 is 1.33 bits per heavy atom. The number of methoxy groups -OCH3 is 1. The average molecular weight is 265 g/mol. The van der Waals surface area contributed by atoms with E-state index in [0.717, 1.165) is 6.42 Å². The molecule has 1 aromatic carbocycles. The number of halogens is 1. The van der Waals surface area contributed by atoms with Crippen LogP contribution in [0.4, 0.5) is 4.39 Å². The van der Waals surface area contributed by atoms with E-state index in [0.29, 0.717) is 12.0 Å². The summed E-state index contributed by atoms with van der Waals surface area (Å²) in [4.78, 5) is 0. The summed E-state index contributed by atoms with van der Waals surface area (Å²) < 4.78 is 18.9. The number of nitrogens with two attached hydrogens (primary N) is 1. The summed E-state index contributed by atoms with van der Waals surface area (Å²) in [6.45, 7) is 0. The molecule has 1 unspecified atom stereocenters. The summed E-state index contributed by atoms with van der Waals surface area (Å²) in [7, 11) is 1.47. The molecule has 2 rings (SSSR count). The van der Waals surface area contributed by atoms with Crippen molar-refractivity contribution in [1.29, 1.82) is 0 Å². The van der Waals surface area contributed by atoms with Gasteiger partial charge in [0.25, 0.3) is 0 Å². The third-order valence-electron chi connectivity index (χ3n) is 2.82. The predicted octanol–water partition coefficient (Wildman–Crippen LogP) is 3.01. The molecular formula is C14H16FNOS. The van der Waals surface area contributed by atoms with E-state index in [2.05, 4.69) is 5.38 Å². The van der Waals surface area contributed by atoms with Crippen LogP contribution in [0.25, 0.3) is 0 Å². The van der Waals surface area contributed by atoms with Crippen LogP contribution in [0, 0.1) is 5.82 Å². The predicted molar refractivity (Wildman–Crippen MR) is 72.7 cm³/mol. The fourth-order valence-corrected chi connectivity index (χ4v) is 2.62. The minimum atomic E-state index is -0.305. The molecule has 1 atom stereocenters. The van der Waals surface area contributed by atoms with Crippen LogP contribution < -0.4 is 10.5 Å². The zero-order chi connectivity index (χ0) is 13.0. The third kappa shape index (κ3) is 3.09. The molecule has 0 aliphatic heterocycles. The van der Waals surface area contributed by atoms with Crippen LogP contribution in [0.2, 0.25) is 0 Å². The van der Waals surface area contributed by atoms with Crippen molar-refractivity contribution in [2.24, 2.45) is 5.73 Å². The van der Waals surface area contributed by atoms with Crippen molar-refractivity contribution < 1.29 is 9.13 Å². The smallest absolute Gasteiger partial charge is 0.168 e. The lowest BCUT2D eigenvalue weighted by atomic mass is 10.0. The highest BCUT2D eigenvalue weighted by molar-refractivity contribution is 7.07. The second-order valence-electron chi connectivity index (χ2n) is 4.23. The van der Waals surface area contributed by atoms with Gasteiger partial charge in [0.1, 0.15) is 0 Å². The Morgan fingerprint density at radius 2 is 2.17 bits per heavy atom. The molecule has 2 aromatic rings. The lowest BCUT2D eigenvalue weighted by Gasteiger charge is -2.12. The lowest BCUT2D eigenvalue weighted by molar-refractivity contribution is 0.383. The molecule has 1 aromatic heterocycles. The van der Waals surface area contributed by atoms with Gasteiger partial charge in [-0.25, -0.2) is 4.39 Å². The topological polar surface area (TPSA) is 35.2 Å². The number of hydrogen-bond donors (Lipinski definition) is 1. The van der Waals surface area contributed by atoms with E-state index in [-0.39, 0.29) is 17.6 Å². The van der Waals surface area contributed by atoms with E-state index >= 15 is 0 Å². The Hall–Kier alpha value is -1.39. The van der Waals surface area contributed by atoms with Crippen molar-refractivity contribution in [3.8, 4) is 5.75 Å². The highest BCUT2D eigenvalue weighted by Gasteiger charge is 2.12. The van der Waals surface area contributed by atoms with Crippen molar-refractivity contribution in [1.82, 2.24) is 0 Å². The summed E-state index contributed by atoms with van der Waals surface area (Å²) >= 11 is 1.65. The molecule has 1 heterocycles. The van der Waals surface area contributed by atoms with Gasteiger partial charge in [-0.1, -0.05) is 12.1 Å². The van der Waals surface area contributed by atoms with Gasteiger partial charge in [-0.15, -0.1) is 0 Å². The first-order valence-electron chi connectivity index (χ1n) is 5.78. The quantitative estimate of drug-likeness (QED) is 0.902. The normalized spacial score (nSPS) is 12.4. The second kappa shape index (κ2) is 5.98. The molecule has 2 N–H and O–H groups in total. The zero-order valence-corrected chi connectivity index (χ0v) is 11.0. The summed E-state index contributed by atoms with van der Waals surface area (Å²) in [5, 5.41) is 4.09. The minimum Gasteiger partial charge on any atom is -0.494 e. The Morgan fingerprint density at radius 3 is 2.83 bits per heavy atom. The Labute approximate surface area is 110 Å². The van der Waals surface area contributed by atoms with Gasteiger partial charge in [0.15, 0.2) is 11.6 Å². The largest absolute Gasteiger partial charge is 0.494 e. The second-order valence-corrected chi connectivity index (χ2v) is 5.01. The summed E-state index contributed by atoms with van der Waals surface area (Å²) in [5.41, 5.74) is 7.87. The molecule has 0 radical (unpaired) electrons. The molecule has 0 amide bonds. The first-order valence-corrected chi connectivity index (χ1v) is 6.73. The summed E-state index contributed by atoms with van der Waals surface area (Å²) in [6, 6.07) is 7.12. The van der Waals surface area contributed by atoms with Crippen LogP contribution in [0.3, 0.4) is 0 Å². The monoisotopic (exact) mass is 265 g/mol. The van der Waals surface area contributed by atoms with E-state index in [1.54, 1.807) is 29.5 Å². The van der Waals surface area contributed by atoms with Crippen LogP contribution >= 0.6 is 11.3 Å². The molecule has 0 aliphatic rings. The Kier molecular flexibility index (Phi) is 4.33. The number of thiophene rings is 1. The fourth-order valence-electron chi connectivity index (χ4n) is 1.94. The van der Waals surface area contributed by atoms with Crippen LogP contribution in [0.1, 0.15) is 11.1 Å². The van der Waals surface area contributed by atoms with E-state index in [4.69, 9.17) is 10.5 Å². The highest BCUT2D eigenvalue weighted by Crippen LogP contribution is 2.21. The Balaban J connectivity index is 2.05. The molecule has 0 saturated heterocycles. The molecule has 2 nitrogen and oxygen atoms in total. The van der Waals surface area contributed by atoms with Crippen LogP contribution in [0.15, 0.2) is 35.0 Å². The Bertz CT molecular complexity index is 499. The first-order chi connectivity index (χ1) is 8.70. The van der Waals surface area contributed by atoms with Crippen molar-refractivity contribution >= 4 is 11.3 Å². The zero-order valence-electron chi connectivity index (χ0n) is 10.2. The summed E-state index contributed by atoms with van der Waals surface area (Å²) in [5.74, 6) is -0.0315. The van der Waals surface area contributed by atoms with Gasteiger partial charge in [-0.3, -0.25) is 0 Å². The SMILES string of the molecule is COc1cccc(CC(N)Cc2ccsc2)c1F. The third-order valence-corrected chi connectivity index (χ3v) is 3.56. The number of ether oxygens (including phenoxy) is 1. The molecule has 4 heteroatoms. The summed E-state index contributed by atoms with van der Waals surface area (Å²) in [6.07, 6.45) is 1.28. The molecular weight excluding hydrogens is 249 g/mol. The maximum atomic E-state index is 13.9. The first kappa shape index (κ1) is 13.1. The van der Waals surface area contributed by atoms with Gasteiger partial charge in [0, 0.05) is 6.04 Å². The van der Waals surface area contributed by atoms with Gasteiger partial charge in [-0.2, -0.15) is 11.3 Å². The van der Waals surface area contributed by atoms with Crippen LogP contribution in [-0.2, 0) is 12.8 Å². The van der Waals surface area contributed by atoms with Crippen molar-refractivity contribution in [3.63, 3.8) is 0 Å².